The van der Waals surface area contributed by atoms with Crippen molar-refractivity contribution in [2.24, 2.45) is 0 Å². The van der Waals surface area contributed by atoms with Crippen LogP contribution in [0, 0.1) is 5.82 Å². The van der Waals surface area contributed by atoms with Gasteiger partial charge in [-0.15, -0.1) is 0 Å². The SMILES string of the molecule is COc1cc(Cl)c(F)cc1C1CCNCC1. The van der Waals surface area contributed by atoms with Gasteiger partial charge in [0.05, 0.1) is 12.1 Å². The van der Waals surface area contributed by atoms with Crippen molar-refractivity contribution >= 4 is 11.6 Å². The molecule has 1 fully saturated rings. The van der Waals surface area contributed by atoms with Gasteiger partial charge in [0.1, 0.15) is 11.6 Å². The van der Waals surface area contributed by atoms with Crippen LogP contribution < -0.4 is 10.1 Å². The summed E-state index contributed by atoms with van der Waals surface area (Å²) in [5.74, 6) is 0.692. The summed E-state index contributed by atoms with van der Waals surface area (Å²) < 4.78 is 18.7. The van der Waals surface area contributed by atoms with E-state index in [2.05, 4.69) is 5.32 Å². The fourth-order valence-electron chi connectivity index (χ4n) is 2.17. The summed E-state index contributed by atoms with van der Waals surface area (Å²) in [4.78, 5) is 0. The van der Waals surface area contributed by atoms with Crippen molar-refractivity contribution in [3.63, 3.8) is 0 Å². The summed E-state index contributed by atoms with van der Waals surface area (Å²) in [7, 11) is 1.59. The van der Waals surface area contributed by atoms with Crippen LogP contribution in [0.3, 0.4) is 0 Å². The first-order valence-electron chi connectivity index (χ1n) is 5.46. The maximum Gasteiger partial charge on any atom is 0.142 e. The first-order chi connectivity index (χ1) is 7.72. The highest BCUT2D eigenvalue weighted by molar-refractivity contribution is 6.30. The van der Waals surface area contributed by atoms with Crippen molar-refractivity contribution in [3.05, 3.63) is 28.5 Å². The second kappa shape index (κ2) is 5.02. The van der Waals surface area contributed by atoms with Crippen molar-refractivity contribution in [1.29, 1.82) is 0 Å². The van der Waals surface area contributed by atoms with Crippen LogP contribution in [0.5, 0.6) is 5.75 Å². The summed E-state index contributed by atoms with van der Waals surface area (Å²) in [6, 6.07) is 3.07. The van der Waals surface area contributed by atoms with Gasteiger partial charge in [0.25, 0.3) is 0 Å². The fourth-order valence-corrected chi connectivity index (χ4v) is 2.33. The van der Waals surface area contributed by atoms with E-state index in [0.29, 0.717) is 11.7 Å². The van der Waals surface area contributed by atoms with Crippen molar-refractivity contribution in [2.75, 3.05) is 20.2 Å². The van der Waals surface area contributed by atoms with E-state index in [-0.39, 0.29) is 10.8 Å². The fraction of sp³-hybridized carbons (Fsp3) is 0.500. The lowest BCUT2D eigenvalue weighted by Gasteiger charge is -2.24. The largest absolute Gasteiger partial charge is 0.496 e. The summed E-state index contributed by atoms with van der Waals surface area (Å²) in [5.41, 5.74) is 0.936. The van der Waals surface area contributed by atoms with Crippen LogP contribution in [-0.4, -0.2) is 20.2 Å². The second-order valence-corrected chi connectivity index (χ2v) is 4.44. The van der Waals surface area contributed by atoms with Gasteiger partial charge in [-0.05, 0) is 37.9 Å². The number of rotatable bonds is 2. The third-order valence-corrected chi connectivity index (χ3v) is 3.34. The molecule has 2 rings (SSSR count). The first kappa shape index (κ1) is 11.7. The molecule has 0 aromatic heterocycles. The molecule has 0 aliphatic carbocycles. The Balaban J connectivity index is 2.33. The Labute approximate surface area is 99.7 Å². The lowest BCUT2D eigenvalue weighted by atomic mass is 9.89. The number of piperidine rings is 1. The van der Waals surface area contributed by atoms with Gasteiger partial charge in [0.2, 0.25) is 0 Å². The molecule has 4 heteroatoms. The Morgan fingerprint density at radius 1 is 1.38 bits per heavy atom. The third-order valence-electron chi connectivity index (χ3n) is 3.05. The summed E-state index contributed by atoms with van der Waals surface area (Å²) in [6.07, 6.45) is 2.02. The second-order valence-electron chi connectivity index (χ2n) is 4.03. The number of hydrogen-bond donors (Lipinski definition) is 1. The van der Waals surface area contributed by atoms with E-state index < -0.39 is 0 Å². The molecule has 16 heavy (non-hydrogen) atoms. The summed E-state index contributed by atoms with van der Waals surface area (Å²) in [5, 5.41) is 3.41. The number of methoxy groups -OCH3 is 1. The van der Waals surface area contributed by atoms with Gasteiger partial charge >= 0.3 is 0 Å². The minimum Gasteiger partial charge on any atom is -0.496 e. The van der Waals surface area contributed by atoms with E-state index in [4.69, 9.17) is 16.3 Å². The van der Waals surface area contributed by atoms with E-state index in [1.54, 1.807) is 13.2 Å². The number of hydrogen-bond acceptors (Lipinski definition) is 2. The van der Waals surface area contributed by atoms with Gasteiger partial charge in [-0.1, -0.05) is 11.6 Å². The van der Waals surface area contributed by atoms with E-state index >= 15 is 0 Å². The Morgan fingerprint density at radius 3 is 2.69 bits per heavy atom. The Bertz CT molecular complexity index is 378. The molecule has 0 radical (unpaired) electrons. The minimum atomic E-state index is -0.365. The van der Waals surface area contributed by atoms with Crippen LogP contribution in [-0.2, 0) is 0 Å². The zero-order valence-corrected chi connectivity index (χ0v) is 9.98. The van der Waals surface area contributed by atoms with Crippen LogP contribution in [0.2, 0.25) is 5.02 Å². The molecule has 0 atom stereocenters. The number of ether oxygens (including phenoxy) is 1. The summed E-state index contributed by atoms with van der Waals surface area (Å²) >= 11 is 5.74. The van der Waals surface area contributed by atoms with Crippen LogP contribution >= 0.6 is 11.6 Å². The molecule has 1 aromatic rings. The predicted octanol–water partition coefficient (Wildman–Crippen LogP) is 2.95. The average Bonchev–Trinajstić information content (AvgIpc) is 2.33. The van der Waals surface area contributed by atoms with Gasteiger partial charge in [-0.3, -0.25) is 0 Å². The lowest BCUT2D eigenvalue weighted by Crippen LogP contribution is -2.26. The van der Waals surface area contributed by atoms with Crippen LogP contribution in [0.1, 0.15) is 24.3 Å². The van der Waals surface area contributed by atoms with Gasteiger partial charge in [0.15, 0.2) is 0 Å². The number of benzene rings is 1. The first-order valence-corrected chi connectivity index (χ1v) is 5.84. The quantitative estimate of drug-likeness (QED) is 0.862. The Morgan fingerprint density at radius 2 is 2.06 bits per heavy atom. The molecule has 2 nitrogen and oxygen atoms in total. The van der Waals surface area contributed by atoms with Crippen molar-refractivity contribution < 1.29 is 9.13 Å². The van der Waals surface area contributed by atoms with E-state index in [0.717, 1.165) is 31.5 Å². The molecule has 0 bridgehead atoms. The molecule has 1 saturated heterocycles. The van der Waals surface area contributed by atoms with Gasteiger partial charge in [0, 0.05) is 11.6 Å². The van der Waals surface area contributed by atoms with E-state index in [9.17, 15) is 4.39 Å². The zero-order chi connectivity index (χ0) is 11.5. The average molecular weight is 244 g/mol. The molecule has 1 aromatic carbocycles. The molecular weight excluding hydrogens is 229 g/mol. The third kappa shape index (κ3) is 2.30. The molecule has 1 aliphatic heterocycles. The van der Waals surface area contributed by atoms with Crippen LogP contribution in [0.4, 0.5) is 4.39 Å². The van der Waals surface area contributed by atoms with Gasteiger partial charge in [-0.25, -0.2) is 4.39 Å². The lowest BCUT2D eigenvalue weighted by molar-refractivity contribution is 0.390. The number of halogens is 2. The number of nitrogens with one attached hydrogen (secondary N) is 1. The monoisotopic (exact) mass is 243 g/mol. The maximum absolute atomic E-state index is 13.4. The van der Waals surface area contributed by atoms with Crippen molar-refractivity contribution in [3.8, 4) is 5.75 Å². The standard InChI is InChI=1S/C12H15ClFNO/c1-16-12-7-10(13)11(14)6-9(12)8-2-4-15-5-3-8/h6-8,15H,2-5H2,1H3. The molecule has 1 heterocycles. The molecular formula is C12H15ClFNO. The summed E-state index contributed by atoms with van der Waals surface area (Å²) in [6.45, 7) is 1.94. The minimum absolute atomic E-state index is 0.120. The van der Waals surface area contributed by atoms with Crippen molar-refractivity contribution in [1.82, 2.24) is 5.32 Å². The zero-order valence-electron chi connectivity index (χ0n) is 9.22. The normalized spacial score (nSPS) is 17.4. The molecule has 88 valence electrons. The molecule has 0 unspecified atom stereocenters. The molecule has 1 aliphatic rings. The smallest absolute Gasteiger partial charge is 0.142 e. The molecule has 0 amide bonds. The molecule has 0 saturated carbocycles. The van der Waals surface area contributed by atoms with Gasteiger partial charge in [-0.2, -0.15) is 0 Å². The van der Waals surface area contributed by atoms with E-state index in [1.165, 1.54) is 6.07 Å². The predicted molar refractivity (Wildman–Crippen MR) is 62.8 cm³/mol. The maximum atomic E-state index is 13.4. The highest BCUT2D eigenvalue weighted by atomic mass is 35.5. The van der Waals surface area contributed by atoms with Crippen LogP contribution in [0.15, 0.2) is 12.1 Å². The van der Waals surface area contributed by atoms with Crippen molar-refractivity contribution in [2.45, 2.75) is 18.8 Å². The topological polar surface area (TPSA) is 21.3 Å². The molecule has 0 spiro atoms. The highest BCUT2D eigenvalue weighted by Crippen LogP contribution is 2.35. The van der Waals surface area contributed by atoms with Crippen LogP contribution in [0.25, 0.3) is 0 Å². The molecule has 1 N–H and O–H groups in total. The van der Waals surface area contributed by atoms with Gasteiger partial charge < -0.3 is 10.1 Å². The highest BCUT2D eigenvalue weighted by Gasteiger charge is 2.20. The Hall–Kier alpha value is -0.800. The Kier molecular flexibility index (Phi) is 3.66. The van der Waals surface area contributed by atoms with E-state index in [1.807, 2.05) is 0 Å².